The second-order valence-corrected chi connectivity index (χ2v) is 8.53. The molecule has 2 aromatic carbocycles. The first kappa shape index (κ1) is 19.0. The van der Waals surface area contributed by atoms with Gasteiger partial charge < -0.3 is 9.84 Å². The van der Waals surface area contributed by atoms with Crippen LogP contribution in [0.1, 0.15) is 12.8 Å². The van der Waals surface area contributed by atoms with Gasteiger partial charge in [-0.2, -0.15) is 11.8 Å². The normalized spacial score (nSPS) is 22.8. The summed E-state index contributed by atoms with van der Waals surface area (Å²) in [7, 11) is 0. The van der Waals surface area contributed by atoms with Gasteiger partial charge in [-0.05, 0) is 35.4 Å². The molecule has 6 heteroatoms. The van der Waals surface area contributed by atoms with E-state index in [1.54, 1.807) is 11.8 Å². The number of aliphatic hydroxyl groups excluding tert-OH is 1. The molecule has 1 spiro atoms. The third-order valence-electron chi connectivity index (χ3n) is 5.39. The largest absolute Gasteiger partial charge is 0.491 e. The molecule has 2 aliphatic rings. The molecule has 2 aliphatic heterocycles. The summed E-state index contributed by atoms with van der Waals surface area (Å²) in [5.41, 5.74) is 1.68. The molecule has 0 saturated carbocycles. The fraction of sp³-hybridized carbons (Fsp3) is 0.364. The summed E-state index contributed by atoms with van der Waals surface area (Å²) in [5.74, 6) is 1.94. The van der Waals surface area contributed by atoms with Gasteiger partial charge in [-0.15, -0.1) is 0 Å². The number of likely N-dealkylation sites (tertiary alicyclic amines) is 1. The van der Waals surface area contributed by atoms with Crippen LogP contribution in [0.25, 0.3) is 11.1 Å². The number of carbonyl (C=O) groups is 2. The van der Waals surface area contributed by atoms with Crippen LogP contribution >= 0.6 is 11.8 Å². The van der Waals surface area contributed by atoms with E-state index >= 15 is 0 Å². The van der Waals surface area contributed by atoms with Gasteiger partial charge in [0.1, 0.15) is 18.5 Å². The second kappa shape index (κ2) is 7.97. The molecule has 28 heavy (non-hydrogen) atoms. The monoisotopic (exact) mass is 397 g/mol. The maximum absolute atomic E-state index is 12.7. The molecule has 146 valence electrons. The Labute approximate surface area is 168 Å². The fourth-order valence-corrected chi connectivity index (χ4v) is 5.23. The lowest BCUT2D eigenvalue weighted by atomic mass is 9.86. The number of amides is 2. The third kappa shape index (κ3) is 3.80. The number of hydrogen-bond acceptors (Lipinski definition) is 5. The van der Waals surface area contributed by atoms with Crippen molar-refractivity contribution < 1.29 is 19.4 Å². The van der Waals surface area contributed by atoms with Gasteiger partial charge in [0.2, 0.25) is 11.8 Å². The lowest BCUT2D eigenvalue weighted by Crippen LogP contribution is -2.41. The van der Waals surface area contributed by atoms with Crippen LogP contribution in [0.3, 0.4) is 0 Å². The second-order valence-electron chi connectivity index (χ2n) is 7.42. The number of benzene rings is 2. The van der Waals surface area contributed by atoms with Crippen molar-refractivity contribution >= 4 is 23.6 Å². The zero-order valence-electron chi connectivity index (χ0n) is 15.5. The Hall–Kier alpha value is -2.31. The first-order valence-corrected chi connectivity index (χ1v) is 10.6. The molecule has 0 aliphatic carbocycles. The van der Waals surface area contributed by atoms with Gasteiger partial charge in [0.25, 0.3) is 0 Å². The number of imide groups is 1. The smallest absolute Gasteiger partial charge is 0.236 e. The Morgan fingerprint density at radius 2 is 1.79 bits per heavy atom. The van der Waals surface area contributed by atoms with Crippen molar-refractivity contribution in [2.45, 2.75) is 18.9 Å². The molecule has 0 bridgehead atoms. The van der Waals surface area contributed by atoms with Crippen LogP contribution in [0.5, 0.6) is 5.75 Å². The molecule has 2 aromatic rings. The van der Waals surface area contributed by atoms with Gasteiger partial charge in [-0.3, -0.25) is 14.5 Å². The zero-order valence-corrected chi connectivity index (χ0v) is 16.4. The number of rotatable bonds is 6. The molecule has 4 rings (SSSR count). The van der Waals surface area contributed by atoms with Crippen LogP contribution in [0.4, 0.5) is 0 Å². The topological polar surface area (TPSA) is 66.8 Å². The van der Waals surface area contributed by atoms with Gasteiger partial charge >= 0.3 is 0 Å². The maximum atomic E-state index is 12.7. The van der Waals surface area contributed by atoms with Gasteiger partial charge in [-0.1, -0.05) is 42.5 Å². The van der Waals surface area contributed by atoms with Gasteiger partial charge in [0, 0.05) is 12.2 Å². The minimum absolute atomic E-state index is 0.00776. The molecule has 2 fully saturated rings. The van der Waals surface area contributed by atoms with Crippen molar-refractivity contribution in [3.63, 3.8) is 0 Å². The fourth-order valence-electron chi connectivity index (χ4n) is 3.79. The first-order valence-electron chi connectivity index (χ1n) is 9.46. The standard InChI is InChI=1S/C22H23NO4S/c24-18(13-23-20(25)12-22(21(23)26)10-11-28-15-22)14-27-19-8-6-17(7-9-19)16-4-2-1-3-5-16/h1-9,18,24H,10-15H2/t18-,22+/m1/s1. The van der Waals surface area contributed by atoms with Crippen LogP contribution in [-0.4, -0.2) is 52.6 Å². The minimum atomic E-state index is -0.911. The van der Waals surface area contributed by atoms with Crippen molar-refractivity contribution in [1.29, 1.82) is 0 Å². The number of aliphatic hydroxyl groups is 1. The number of thioether (sulfide) groups is 1. The van der Waals surface area contributed by atoms with E-state index in [-0.39, 0.29) is 31.4 Å². The van der Waals surface area contributed by atoms with Crippen LogP contribution in [-0.2, 0) is 9.59 Å². The summed E-state index contributed by atoms with van der Waals surface area (Å²) in [6, 6.07) is 17.7. The van der Waals surface area contributed by atoms with Crippen LogP contribution in [0, 0.1) is 5.41 Å². The highest BCUT2D eigenvalue weighted by Crippen LogP contribution is 2.44. The average Bonchev–Trinajstić information content (AvgIpc) is 3.28. The summed E-state index contributed by atoms with van der Waals surface area (Å²) in [6.07, 6.45) is 0.109. The van der Waals surface area contributed by atoms with Crippen LogP contribution in [0.2, 0.25) is 0 Å². The summed E-state index contributed by atoms with van der Waals surface area (Å²) < 4.78 is 5.65. The maximum Gasteiger partial charge on any atom is 0.236 e. The molecule has 2 heterocycles. The quantitative estimate of drug-likeness (QED) is 0.759. The predicted molar refractivity (Wildman–Crippen MR) is 109 cm³/mol. The molecule has 0 radical (unpaired) electrons. The summed E-state index contributed by atoms with van der Waals surface area (Å²) in [5, 5.41) is 10.3. The van der Waals surface area contributed by atoms with E-state index in [9.17, 15) is 14.7 Å². The molecular formula is C22H23NO4S. The molecule has 0 unspecified atom stereocenters. The summed E-state index contributed by atoms with van der Waals surface area (Å²) in [6.45, 7) is 0.0235. The van der Waals surface area contributed by atoms with Crippen LogP contribution < -0.4 is 4.74 Å². The summed E-state index contributed by atoms with van der Waals surface area (Å²) >= 11 is 1.72. The van der Waals surface area contributed by atoms with Gasteiger partial charge in [0.05, 0.1) is 12.0 Å². The van der Waals surface area contributed by atoms with E-state index in [4.69, 9.17) is 4.74 Å². The highest BCUT2D eigenvalue weighted by molar-refractivity contribution is 7.99. The number of nitrogens with zero attached hydrogens (tertiary/aromatic N) is 1. The van der Waals surface area contributed by atoms with Crippen molar-refractivity contribution in [3.05, 3.63) is 54.6 Å². The lowest BCUT2D eigenvalue weighted by Gasteiger charge is -2.22. The molecule has 2 atom stereocenters. The Balaban J connectivity index is 1.32. The first-order chi connectivity index (χ1) is 13.6. The Bertz CT molecular complexity index is 847. The van der Waals surface area contributed by atoms with Crippen molar-refractivity contribution in [2.24, 2.45) is 5.41 Å². The van der Waals surface area contributed by atoms with Crippen molar-refractivity contribution in [1.82, 2.24) is 4.90 Å². The van der Waals surface area contributed by atoms with E-state index in [0.29, 0.717) is 11.5 Å². The Morgan fingerprint density at radius 3 is 2.46 bits per heavy atom. The average molecular weight is 397 g/mol. The van der Waals surface area contributed by atoms with Crippen LogP contribution in [0.15, 0.2) is 54.6 Å². The molecule has 0 aromatic heterocycles. The highest BCUT2D eigenvalue weighted by atomic mass is 32.2. The van der Waals surface area contributed by atoms with Gasteiger partial charge in [0.15, 0.2) is 0 Å². The predicted octanol–water partition coefficient (Wildman–Crippen LogP) is 2.98. The van der Waals surface area contributed by atoms with E-state index in [2.05, 4.69) is 0 Å². The number of carbonyl (C=O) groups excluding carboxylic acids is 2. The van der Waals surface area contributed by atoms with Crippen molar-refractivity contribution in [3.8, 4) is 16.9 Å². The minimum Gasteiger partial charge on any atom is -0.491 e. The van der Waals surface area contributed by atoms with E-state index in [1.807, 2.05) is 54.6 Å². The molecular weight excluding hydrogens is 374 g/mol. The van der Waals surface area contributed by atoms with E-state index in [1.165, 1.54) is 4.90 Å². The lowest BCUT2D eigenvalue weighted by molar-refractivity contribution is -0.142. The van der Waals surface area contributed by atoms with E-state index < -0.39 is 11.5 Å². The molecule has 5 nitrogen and oxygen atoms in total. The van der Waals surface area contributed by atoms with Gasteiger partial charge in [-0.25, -0.2) is 0 Å². The highest BCUT2D eigenvalue weighted by Gasteiger charge is 2.53. The third-order valence-corrected chi connectivity index (χ3v) is 6.64. The Morgan fingerprint density at radius 1 is 1.07 bits per heavy atom. The SMILES string of the molecule is O=C1C[C@]2(CCSC2)C(=O)N1C[C@@H](O)COc1ccc(-c2ccccc2)cc1. The Kier molecular flexibility index (Phi) is 5.42. The van der Waals surface area contributed by atoms with Crippen molar-refractivity contribution in [2.75, 3.05) is 24.7 Å². The zero-order chi connectivity index (χ0) is 19.6. The number of β-amino-alcohol motifs (C(OH)–C–C–N with tert-alkyl or cyclic N) is 1. The molecule has 2 amide bonds. The van der Waals surface area contributed by atoms with E-state index in [0.717, 1.165) is 23.3 Å². The molecule has 2 saturated heterocycles. The summed E-state index contributed by atoms with van der Waals surface area (Å²) in [4.78, 5) is 26.2. The number of ether oxygens (including phenoxy) is 1. The molecule has 1 N–H and O–H groups in total. The number of hydrogen-bond donors (Lipinski definition) is 1.